The van der Waals surface area contributed by atoms with Crippen molar-refractivity contribution in [3.8, 4) is 22.5 Å². The fraction of sp³-hybridized carbons (Fsp3) is 0.105. The van der Waals surface area contributed by atoms with Crippen molar-refractivity contribution >= 4 is 5.69 Å². The van der Waals surface area contributed by atoms with E-state index in [1.54, 1.807) is 0 Å². The van der Waals surface area contributed by atoms with Crippen molar-refractivity contribution in [3.05, 3.63) is 77.2 Å². The van der Waals surface area contributed by atoms with E-state index in [4.69, 9.17) is 4.42 Å². The van der Waals surface area contributed by atoms with Crippen molar-refractivity contribution in [2.45, 2.75) is 0 Å². The summed E-state index contributed by atoms with van der Waals surface area (Å²) in [5.41, 5.74) is 3.53. The van der Waals surface area contributed by atoms with Crippen molar-refractivity contribution in [2.75, 3.05) is 19.0 Å². The Bertz CT molecular complexity index is 818. The lowest BCUT2D eigenvalue weighted by Crippen LogP contribution is -2.08. The molecule has 2 aromatic carbocycles. The second-order valence-electron chi connectivity index (χ2n) is 5.34. The summed E-state index contributed by atoms with van der Waals surface area (Å²) in [6.07, 6.45) is 0. The summed E-state index contributed by atoms with van der Waals surface area (Å²) < 4.78 is 5.32. The first-order valence-corrected chi connectivity index (χ1v) is 7.12. The summed E-state index contributed by atoms with van der Waals surface area (Å²) in [5, 5.41) is 0. The second kappa shape index (κ2) is 5.90. The zero-order chi connectivity index (χ0) is 15.5. The molecule has 1 heterocycles. The molecule has 3 rings (SSSR count). The Balaban J connectivity index is 2.04. The molecule has 22 heavy (non-hydrogen) atoms. The SMILES string of the molecule is CN(C)c1ccc(-c2cc(-c3ccccc3)oc(=O)c2)cc1. The van der Waals surface area contributed by atoms with Crippen LogP contribution in [0.15, 0.2) is 75.9 Å². The molecule has 0 aliphatic carbocycles. The Morgan fingerprint density at radius 3 is 2.09 bits per heavy atom. The first-order valence-electron chi connectivity index (χ1n) is 7.12. The summed E-state index contributed by atoms with van der Waals surface area (Å²) in [6, 6.07) is 21.2. The maximum Gasteiger partial charge on any atom is 0.336 e. The summed E-state index contributed by atoms with van der Waals surface area (Å²) in [6.45, 7) is 0. The molecular formula is C19H17NO2. The Morgan fingerprint density at radius 2 is 1.45 bits per heavy atom. The maximum atomic E-state index is 11.9. The van der Waals surface area contributed by atoms with E-state index < -0.39 is 0 Å². The average Bonchev–Trinajstić information content (AvgIpc) is 2.55. The summed E-state index contributed by atoms with van der Waals surface area (Å²) in [5.74, 6) is 0.583. The third kappa shape index (κ3) is 2.93. The van der Waals surface area contributed by atoms with Crippen LogP contribution in [0, 0.1) is 0 Å². The van der Waals surface area contributed by atoms with Crippen LogP contribution in [0.5, 0.6) is 0 Å². The molecule has 0 atom stereocenters. The minimum Gasteiger partial charge on any atom is -0.423 e. The third-order valence-corrected chi connectivity index (χ3v) is 3.55. The van der Waals surface area contributed by atoms with Gasteiger partial charge in [-0.2, -0.15) is 0 Å². The lowest BCUT2D eigenvalue weighted by atomic mass is 10.0. The maximum absolute atomic E-state index is 11.9. The zero-order valence-corrected chi connectivity index (χ0v) is 12.6. The van der Waals surface area contributed by atoms with E-state index in [1.165, 1.54) is 6.07 Å². The van der Waals surface area contributed by atoms with Gasteiger partial charge in [0, 0.05) is 31.4 Å². The Labute approximate surface area is 129 Å². The highest BCUT2D eigenvalue weighted by Gasteiger charge is 2.06. The van der Waals surface area contributed by atoms with Crippen molar-refractivity contribution < 1.29 is 4.42 Å². The van der Waals surface area contributed by atoms with Gasteiger partial charge in [0.25, 0.3) is 0 Å². The molecule has 0 aliphatic rings. The van der Waals surface area contributed by atoms with Crippen molar-refractivity contribution in [2.24, 2.45) is 0 Å². The minimum absolute atomic E-state index is 0.340. The lowest BCUT2D eigenvalue weighted by Gasteiger charge is -2.12. The fourth-order valence-electron chi connectivity index (χ4n) is 2.34. The molecular weight excluding hydrogens is 274 g/mol. The van der Waals surface area contributed by atoms with E-state index in [9.17, 15) is 4.79 Å². The predicted molar refractivity (Wildman–Crippen MR) is 90.2 cm³/mol. The number of rotatable bonds is 3. The molecule has 1 aromatic heterocycles. The summed E-state index contributed by atoms with van der Waals surface area (Å²) in [7, 11) is 4.00. The zero-order valence-electron chi connectivity index (χ0n) is 12.6. The van der Waals surface area contributed by atoms with Gasteiger partial charge in [-0.25, -0.2) is 4.79 Å². The molecule has 110 valence electrons. The normalized spacial score (nSPS) is 10.5. The van der Waals surface area contributed by atoms with Crippen LogP contribution in [-0.4, -0.2) is 14.1 Å². The first kappa shape index (κ1) is 14.1. The molecule has 0 unspecified atom stereocenters. The van der Waals surface area contributed by atoms with Gasteiger partial charge in [-0.1, -0.05) is 42.5 Å². The smallest absolute Gasteiger partial charge is 0.336 e. The topological polar surface area (TPSA) is 33.5 Å². The number of anilines is 1. The number of hydrogen-bond acceptors (Lipinski definition) is 3. The highest BCUT2D eigenvalue weighted by atomic mass is 16.4. The first-order chi connectivity index (χ1) is 10.6. The van der Waals surface area contributed by atoms with E-state index >= 15 is 0 Å². The van der Waals surface area contributed by atoms with Gasteiger partial charge in [0.1, 0.15) is 5.76 Å². The Morgan fingerprint density at radius 1 is 0.773 bits per heavy atom. The molecule has 0 N–H and O–H groups in total. The molecule has 3 aromatic rings. The van der Waals surface area contributed by atoms with Crippen molar-refractivity contribution in [3.63, 3.8) is 0 Å². The molecule has 0 saturated carbocycles. The Hall–Kier alpha value is -2.81. The van der Waals surface area contributed by atoms with Crippen LogP contribution in [0.4, 0.5) is 5.69 Å². The molecule has 0 radical (unpaired) electrons. The molecule has 0 spiro atoms. The highest BCUT2D eigenvalue weighted by molar-refractivity contribution is 5.70. The molecule has 0 bridgehead atoms. The lowest BCUT2D eigenvalue weighted by molar-refractivity contribution is 0.526. The highest BCUT2D eigenvalue weighted by Crippen LogP contribution is 2.26. The van der Waals surface area contributed by atoms with E-state index in [0.717, 1.165) is 22.4 Å². The van der Waals surface area contributed by atoms with E-state index in [1.807, 2.05) is 79.7 Å². The molecule has 3 heteroatoms. The van der Waals surface area contributed by atoms with Gasteiger partial charge >= 0.3 is 5.63 Å². The minimum atomic E-state index is -0.340. The van der Waals surface area contributed by atoms with Gasteiger partial charge < -0.3 is 9.32 Å². The van der Waals surface area contributed by atoms with Crippen LogP contribution >= 0.6 is 0 Å². The standard InChI is InChI=1S/C19H17NO2/c1-20(2)17-10-8-14(9-11-17)16-12-18(22-19(21)13-16)15-6-4-3-5-7-15/h3-13H,1-2H3. The summed E-state index contributed by atoms with van der Waals surface area (Å²) >= 11 is 0. The predicted octanol–water partition coefficient (Wildman–Crippen LogP) is 4.04. The van der Waals surface area contributed by atoms with Crippen LogP contribution in [0.25, 0.3) is 22.5 Å². The molecule has 0 saturated heterocycles. The van der Waals surface area contributed by atoms with Gasteiger partial charge in [-0.05, 0) is 29.3 Å². The fourth-order valence-corrected chi connectivity index (χ4v) is 2.34. The third-order valence-electron chi connectivity index (χ3n) is 3.55. The van der Waals surface area contributed by atoms with Crippen LogP contribution in [-0.2, 0) is 0 Å². The van der Waals surface area contributed by atoms with E-state index in [-0.39, 0.29) is 5.63 Å². The van der Waals surface area contributed by atoms with E-state index in [2.05, 4.69) is 0 Å². The molecule has 0 aliphatic heterocycles. The Kier molecular flexibility index (Phi) is 3.79. The summed E-state index contributed by atoms with van der Waals surface area (Å²) in [4.78, 5) is 13.9. The largest absolute Gasteiger partial charge is 0.423 e. The van der Waals surface area contributed by atoms with Gasteiger partial charge in [0.15, 0.2) is 0 Å². The average molecular weight is 291 g/mol. The van der Waals surface area contributed by atoms with Crippen LogP contribution in [0.3, 0.4) is 0 Å². The molecule has 3 nitrogen and oxygen atoms in total. The van der Waals surface area contributed by atoms with Crippen molar-refractivity contribution in [1.82, 2.24) is 0 Å². The number of hydrogen-bond donors (Lipinski definition) is 0. The van der Waals surface area contributed by atoms with Crippen LogP contribution in [0.1, 0.15) is 0 Å². The quantitative estimate of drug-likeness (QED) is 0.730. The van der Waals surface area contributed by atoms with Crippen molar-refractivity contribution in [1.29, 1.82) is 0 Å². The van der Waals surface area contributed by atoms with Gasteiger partial charge in [0.05, 0.1) is 0 Å². The van der Waals surface area contributed by atoms with E-state index in [0.29, 0.717) is 5.76 Å². The monoisotopic (exact) mass is 291 g/mol. The number of nitrogens with zero attached hydrogens (tertiary/aromatic N) is 1. The van der Waals surface area contributed by atoms with Crippen LogP contribution in [0.2, 0.25) is 0 Å². The van der Waals surface area contributed by atoms with Gasteiger partial charge in [0.2, 0.25) is 0 Å². The van der Waals surface area contributed by atoms with Gasteiger partial charge in [-0.3, -0.25) is 0 Å². The van der Waals surface area contributed by atoms with Gasteiger partial charge in [-0.15, -0.1) is 0 Å². The second-order valence-corrected chi connectivity index (χ2v) is 5.34. The number of benzene rings is 2. The molecule has 0 fully saturated rings. The van der Waals surface area contributed by atoms with Crippen LogP contribution < -0.4 is 10.5 Å². The molecule has 0 amide bonds.